The third-order valence-electron chi connectivity index (χ3n) is 2.69. The Morgan fingerprint density at radius 3 is 2.38 bits per heavy atom. The van der Waals surface area contributed by atoms with Crippen LogP contribution in [0.1, 0.15) is 27.2 Å². The Labute approximate surface area is 95.2 Å². The van der Waals surface area contributed by atoms with E-state index >= 15 is 0 Å². The van der Waals surface area contributed by atoms with Gasteiger partial charge in [0.05, 0.1) is 6.54 Å². The lowest BCUT2D eigenvalue weighted by Crippen LogP contribution is -2.40. The second kappa shape index (κ2) is 4.92. The quantitative estimate of drug-likeness (QED) is 0.811. The van der Waals surface area contributed by atoms with Crippen molar-refractivity contribution in [3.05, 3.63) is 0 Å². The number of halogens is 3. The number of alkyl halides is 3. The number of nitrogens with zero attached hydrogens (tertiary/aromatic N) is 1. The number of hydrogen-bond acceptors (Lipinski definition) is 2. The monoisotopic (exact) mass is 238 g/mol. The summed E-state index contributed by atoms with van der Waals surface area (Å²) in [7, 11) is 0. The van der Waals surface area contributed by atoms with E-state index in [1.807, 2.05) is 0 Å². The van der Waals surface area contributed by atoms with Gasteiger partial charge in [0.25, 0.3) is 0 Å². The molecular formula is C11H21F3N2. The van der Waals surface area contributed by atoms with Crippen molar-refractivity contribution >= 4 is 0 Å². The van der Waals surface area contributed by atoms with Gasteiger partial charge in [0.1, 0.15) is 0 Å². The van der Waals surface area contributed by atoms with Crippen molar-refractivity contribution in [2.75, 3.05) is 26.2 Å². The molecule has 1 saturated heterocycles. The van der Waals surface area contributed by atoms with E-state index in [4.69, 9.17) is 0 Å². The molecule has 1 atom stereocenters. The van der Waals surface area contributed by atoms with Crippen molar-refractivity contribution in [2.45, 2.75) is 38.9 Å². The Bertz CT molecular complexity index is 220. The van der Waals surface area contributed by atoms with Crippen LogP contribution in [-0.2, 0) is 0 Å². The first-order chi connectivity index (χ1) is 7.16. The van der Waals surface area contributed by atoms with Crippen LogP contribution in [0.15, 0.2) is 0 Å². The van der Waals surface area contributed by atoms with Crippen LogP contribution in [0, 0.1) is 5.92 Å². The SMILES string of the molecule is CC(C)(C)NCC1CCN(CC(F)(F)F)C1. The number of nitrogens with one attached hydrogen (secondary N) is 1. The van der Waals surface area contributed by atoms with Crippen LogP contribution in [-0.4, -0.2) is 42.8 Å². The highest BCUT2D eigenvalue weighted by molar-refractivity contribution is 4.81. The van der Waals surface area contributed by atoms with Crippen LogP contribution in [0.3, 0.4) is 0 Å². The maximum atomic E-state index is 12.2. The smallest absolute Gasteiger partial charge is 0.312 e. The third-order valence-corrected chi connectivity index (χ3v) is 2.69. The molecule has 0 saturated carbocycles. The number of hydrogen-bond donors (Lipinski definition) is 1. The summed E-state index contributed by atoms with van der Waals surface area (Å²) in [5, 5.41) is 3.34. The van der Waals surface area contributed by atoms with Crippen molar-refractivity contribution < 1.29 is 13.2 Å². The van der Waals surface area contributed by atoms with Crippen molar-refractivity contribution in [2.24, 2.45) is 5.92 Å². The van der Waals surface area contributed by atoms with Crippen LogP contribution in [0.25, 0.3) is 0 Å². The summed E-state index contributed by atoms with van der Waals surface area (Å²) in [6.07, 6.45) is -3.20. The summed E-state index contributed by atoms with van der Waals surface area (Å²) in [4.78, 5) is 1.50. The average Bonchev–Trinajstić information content (AvgIpc) is 2.44. The molecule has 1 unspecified atom stereocenters. The molecule has 0 spiro atoms. The molecule has 0 aromatic heterocycles. The molecule has 96 valence electrons. The van der Waals surface area contributed by atoms with Gasteiger partial charge in [0, 0.05) is 12.1 Å². The van der Waals surface area contributed by atoms with Gasteiger partial charge in [-0.2, -0.15) is 13.2 Å². The van der Waals surface area contributed by atoms with Gasteiger partial charge in [-0.15, -0.1) is 0 Å². The molecular weight excluding hydrogens is 217 g/mol. The second-order valence-corrected chi connectivity index (χ2v) is 5.64. The van der Waals surface area contributed by atoms with E-state index in [0.29, 0.717) is 19.0 Å². The topological polar surface area (TPSA) is 15.3 Å². The molecule has 1 fully saturated rings. The molecule has 1 N–H and O–H groups in total. The predicted molar refractivity (Wildman–Crippen MR) is 58.4 cm³/mol. The summed E-state index contributed by atoms with van der Waals surface area (Å²) in [6, 6.07) is 0. The van der Waals surface area contributed by atoms with Gasteiger partial charge in [0.2, 0.25) is 0 Å². The Morgan fingerprint density at radius 2 is 1.88 bits per heavy atom. The van der Waals surface area contributed by atoms with E-state index in [9.17, 15) is 13.2 Å². The minimum absolute atomic E-state index is 0.0391. The first kappa shape index (κ1) is 13.8. The van der Waals surface area contributed by atoms with E-state index < -0.39 is 12.7 Å². The van der Waals surface area contributed by atoms with Gasteiger partial charge < -0.3 is 5.32 Å². The van der Waals surface area contributed by atoms with Crippen LogP contribution < -0.4 is 5.32 Å². The molecule has 0 aromatic carbocycles. The van der Waals surface area contributed by atoms with E-state index in [2.05, 4.69) is 26.1 Å². The fourth-order valence-corrected chi connectivity index (χ4v) is 1.93. The number of rotatable bonds is 3. The molecule has 1 aliphatic heterocycles. The lowest BCUT2D eigenvalue weighted by atomic mass is 10.1. The summed E-state index contributed by atoms with van der Waals surface area (Å²) in [5.41, 5.74) is 0.0391. The minimum atomic E-state index is -4.06. The van der Waals surface area contributed by atoms with E-state index in [-0.39, 0.29) is 5.54 Å². The van der Waals surface area contributed by atoms with Crippen molar-refractivity contribution in [3.8, 4) is 0 Å². The molecule has 0 aliphatic carbocycles. The average molecular weight is 238 g/mol. The fraction of sp³-hybridized carbons (Fsp3) is 1.00. The van der Waals surface area contributed by atoms with Crippen molar-refractivity contribution in [1.82, 2.24) is 10.2 Å². The summed E-state index contributed by atoms with van der Waals surface area (Å²) in [6.45, 7) is 7.36. The number of likely N-dealkylation sites (tertiary alicyclic amines) is 1. The highest BCUT2D eigenvalue weighted by Crippen LogP contribution is 2.22. The first-order valence-electron chi connectivity index (χ1n) is 5.70. The Morgan fingerprint density at radius 1 is 1.25 bits per heavy atom. The Hall–Kier alpha value is -0.290. The highest BCUT2D eigenvalue weighted by Gasteiger charge is 2.34. The van der Waals surface area contributed by atoms with E-state index in [0.717, 1.165) is 13.0 Å². The zero-order valence-electron chi connectivity index (χ0n) is 10.2. The molecule has 5 heteroatoms. The normalized spacial score (nSPS) is 24.0. The van der Waals surface area contributed by atoms with E-state index in [1.54, 1.807) is 0 Å². The van der Waals surface area contributed by atoms with Gasteiger partial charge in [-0.25, -0.2) is 0 Å². The molecule has 1 rings (SSSR count). The van der Waals surface area contributed by atoms with Crippen molar-refractivity contribution in [3.63, 3.8) is 0 Å². The lowest BCUT2D eigenvalue weighted by molar-refractivity contribution is -0.143. The molecule has 2 nitrogen and oxygen atoms in total. The predicted octanol–water partition coefficient (Wildman–Crippen LogP) is 2.26. The summed E-state index contributed by atoms with van der Waals surface area (Å²) in [5.74, 6) is 0.349. The zero-order valence-corrected chi connectivity index (χ0v) is 10.2. The van der Waals surface area contributed by atoms with Crippen LogP contribution in [0.4, 0.5) is 13.2 Å². The maximum absolute atomic E-state index is 12.2. The Balaban J connectivity index is 2.25. The molecule has 0 amide bonds. The van der Waals surface area contributed by atoms with Gasteiger partial charge >= 0.3 is 6.18 Å². The van der Waals surface area contributed by atoms with Gasteiger partial charge in [0.15, 0.2) is 0 Å². The molecule has 16 heavy (non-hydrogen) atoms. The Kier molecular flexibility index (Phi) is 4.23. The summed E-state index contributed by atoms with van der Waals surface area (Å²) >= 11 is 0. The lowest BCUT2D eigenvalue weighted by Gasteiger charge is -2.23. The van der Waals surface area contributed by atoms with Crippen LogP contribution in [0.5, 0.6) is 0 Å². The molecule has 0 aromatic rings. The zero-order chi connectivity index (χ0) is 12.4. The molecule has 0 bridgehead atoms. The maximum Gasteiger partial charge on any atom is 0.401 e. The first-order valence-corrected chi connectivity index (χ1v) is 5.70. The van der Waals surface area contributed by atoms with Crippen molar-refractivity contribution in [1.29, 1.82) is 0 Å². The third kappa shape index (κ3) is 5.70. The van der Waals surface area contributed by atoms with E-state index in [1.165, 1.54) is 4.90 Å². The molecule has 0 radical (unpaired) electrons. The second-order valence-electron chi connectivity index (χ2n) is 5.64. The summed E-state index contributed by atoms with van der Waals surface area (Å²) < 4.78 is 36.5. The van der Waals surface area contributed by atoms with Gasteiger partial charge in [-0.05, 0) is 46.2 Å². The molecule has 1 heterocycles. The highest BCUT2D eigenvalue weighted by atomic mass is 19.4. The van der Waals surface area contributed by atoms with Gasteiger partial charge in [-0.3, -0.25) is 4.90 Å². The fourth-order valence-electron chi connectivity index (χ4n) is 1.93. The van der Waals surface area contributed by atoms with Gasteiger partial charge in [-0.1, -0.05) is 0 Å². The largest absolute Gasteiger partial charge is 0.401 e. The molecule has 1 aliphatic rings. The minimum Gasteiger partial charge on any atom is -0.312 e. The van der Waals surface area contributed by atoms with Crippen LogP contribution in [0.2, 0.25) is 0 Å². The van der Waals surface area contributed by atoms with Crippen LogP contribution >= 0.6 is 0 Å². The standard InChI is InChI=1S/C11H21F3N2/c1-10(2,3)15-6-9-4-5-16(7-9)8-11(12,13)14/h9,15H,4-8H2,1-3H3.